The molecule has 2 nitrogen and oxygen atoms in total. The molecule has 1 aliphatic carbocycles. The van der Waals surface area contributed by atoms with Crippen LogP contribution in [0.4, 0.5) is 0 Å². The highest BCUT2D eigenvalue weighted by molar-refractivity contribution is 5.04. The average molecular weight is 156 g/mol. The van der Waals surface area contributed by atoms with Crippen molar-refractivity contribution in [2.75, 3.05) is 6.61 Å². The first-order valence-corrected chi connectivity index (χ1v) is 4.22. The lowest BCUT2D eigenvalue weighted by molar-refractivity contribution is 0.0817. The molecule has 0 amide bonds. The van der Waals surface area contributed by atoms with E-state index in [-0.39, 0.29) is 18.6 Å². The predicted octanol–water partition coefficient (Wildman–Crippen LogP) is 1.09. The first-order valence-electron chi connectivity index (χ1n) is 4.22. The Bertz CT molecular complexity index is 142. The molecule has 64 valence electrons. The highest BCUT2D eigenvalue weighted by atomic mass is 16.3. The summed E-state index contributed by atoms with van der Waals surface area (Å²) in [5.41, 5.74) is 0.789. The maximum Gasteiger partial charge on any atom is 0.0642 e. The molecular weight excluding hydrogens is 140 g/mol. The maximum absolute atomic E-state index is 9.50. The fourth-order valence-electron chi connectivity index (χ4n) is 1.70. The minimum Gasteiger partial charge on any atom is -0.393 e. The van der Waals surface area contributed by atoms with E-state index in [1.807, 2.05) is 0 Å². The lowest BCUT2D eigenvalue weighted by Crippen LogP contribution is -2.26. The van der Waals surface area contributed by atoms with Crippen LogP contribution in [0.25, 0.3) is 0 Å². The van der Waals surface area contributed by atoms with Crippen LogP contribution in [0.1, 0.15) is 25.7 Å². The zero-order valence-electron chi connectivity index (χ0n) is 6.79. The lowest BCUT2D eigenvalue weighted by Gasteiger charge is -2.28. The summed E-state index contributed by atoms with van der Waals surface area (Å²) in [4.78, 5) is 0. The van der Waals surface area contributed by atoms with Gasteiger partial charge in [0.25, 0.3) is 0 Å². The number of aliphatic hydroxyl groups is 2. The zero-order valence-corrected chi connectivity index (χ0v) is 6.79. The number of aliphatic hydroxyl groups excluding tert-OH is 2. The van der Waals surface area contributed by atoms with Gasteiger partial charge in [0.2, 0.25) is 0 Å². The van der Waals surface area contributed by atoms with Gasteiger partial charge in [-0.3, -0.25) is 0 Å². The summed E-state index contributed by atoms with van der Waals surface area (Å²) in [5, 5.41) is 18.3. The normalized spacial score (nSPS) is 31.8. The second-order valence-corrected chi connectivity index (χ2v) is 3.27. The summed E-state index contributed by atoms with van der Waals surface area (Å²) in [6.07, 6.45) is 3.85. The SMILES string of the molecule is C=C(CO)[C@@H]1CCCC[C@@H]1O. The first-order chi connectivity index (χ1) is 5.25. The van der Waals surface area contributed by atoms with Crippen molar-refractivity contribution in [1.29, 1.82) is 0 Å². The molecule has 0 spiro atoms. The van der Waals surface area contributed by atoms with Crippen molar-refractivity contribution in [3.05, 3.63) is 12.2 Å². The minimum absolute atomic E-state index is 0.0156. The van der Waals surface area contributed by atoms with Crippen LogP contribution in [0.5, 0.6) is 0 Å². The maximum atomic E-state index is 9.50. The molecule has 0 saturated heterocycles. The van der Waals surface area contributed by atoms with E-state index in [1.165, 1.54) is 0 Å². The Kier molecular flexibility index (Phi) is 3.09. The van der Waals surface area contributed by atoms with Gasteiger partial charge in [0.15, 0.2) is 0 Å². The fraction of sp³-hybridized carbons (Fsp3) is 0.778. The summed E-state index contributed by atoms with van der Waals surface area (Å²) >= 11 is 0. The van der Waals surface area contributed by atoms with Gasteiger partial charge in [0.1, 0.15) is 0 Å². The van der Waals surface area contributed by atoms with E-state index in [2.05, 4.69) is 6.58 Å². The number of rotatable bonds is 2. The van der Waals surface area contributed by atoms with E-state index < -0.39 is 0 Å². The Morgan fingerprint density at radius 2 is 2.00 bits per heavy atom. The smallest absolute Gasteiger partial charge is 0.0642 e. The van der Waals surface area contributed by atoms with Crippen LogP contribution in [0.2, 0.25) is 0 Å². The third-order valence-electron chi connectivity index (χ3n) is 2.46. The minimum atomic E-state index is -0.261. The van der Waals surface area contributed by atoms with Gasteiger partial charge in [0.05, 0.1) is 12.7 Å². The molecule has 0 aliphatic heterocycles. The molecule has 0 bridgehead atoms. The molecule has 0 aromatic rings. The summed E-state index contributed by atoms with van der Waals surface area (Å²) in [6.45, 7) is 3.75. The van der Waals surface area contributed by atoms with Gasteiger partial charge in [-0.15, -0.1) is 0 Å². The van der Waals surface area contributed by atoms with Crippen LogP contribution in [0.3, 0.4) is 0 Å². The predicted molar refractivity (Wildman–Crippen MR) is 44.2 cm³/mol. The zero-order chi connectivity index (χ0) is 8.27. The van der Waals surface area contributed by atoms with Gasteiger partial charge in [-0.1, -0.05) is 19.4 Å². The van der Waals surface area contributed by atoms with Crippen molar-refractivity contribution >= 4 is 0 Å². The van der Waals surface area contributed by atoms with E-state index in [0.717, 1.165) is 31.3 Å². The second kappa shape index (κ2) is 3.88. The lowest BCUT2D eigenvalue weighted by atomic mass is 9.82. The molecule has 0 radical (unpaired) electrons. The standard InChI is InChI=1S/C9H16O2/c1-7(6-10)8-4-2-3-5-9(8)11/h8-11H,1-6H2/t8-,9-/m0/s1. The Labute approximate surface area is 67.6 Å². The summed E-state index contributed by atoms with van der Waals surface area (Å²) < 4.78 is 0. The Hall–Kier alpha value is -0.340. The molecule has 2 heteroatoms. The van der Waals surface area contributed by atoms with E-state index in [9.17, 15) is 5.11 Å². The molecular formula is C9H16O2. The van der Waals surface area contributed by atoms with E-state index in [1.54, 1.807) is 0 Å². The van der Waals surface area contributed by atoms with Crippen LogP contribution in [0.15, 0.2) is 12.2 Å². The molecule has 0 aromatic heterocycles. The van der Waals surface area contributed by atoms with Gasteiger partial charge >= 0.3 is 0 Å². The molecule has 11 heavy (non-hydrogen) atoms. The molecule has 2 N–H and O–H groups in total. The van der Waals surface area contributed by atoms with Gasteiger partial charge in [-0.05, 0) is 18.4 Å². The second-order valence-electron chi connectivity index (χ2n) is 3.27. The Balaban J connectivity index is 2.47. The third kappa shape index (κ3) is 2.04. The number of hydrogen-bond acceptors (Lipinski definition) is 2. The highest BCUT2D eigenvalue weighted by Crippen LogP contribution is 2.28. The molecule has 1 fully saturated rings. The van der Waals surface area contributed by atoms with Crippen molar-refractivity contribution in [3.8, 4) is 0 Å². The van der Waals surface area contributed by atoms with Crippen molar-refractivity contribution in [1.82, 2.24) is 0 Å². The van der Waals surface area contributed by atoms with Crippen molar-refractivity contribution in [3.63, 3.8) is 0 Å². The van der Waals surface area contributed by atoms with E-state index in [4.69, 9.17) is 5.11 Å². The van der Waals surface area contributed by atoms with Crippen molar-refractivity contribution in [2.45, 2.75) is 31.8 Å². The highest BCUT2D eigenvalue weighted by Gasteiger charge is 2.24. The summed E-state index contributed by atoms with van der Waals surface area (Å²) in [5.74, 6) is 0.147. The van der Waals surface area contributed by atoms with Gasteiger partial charge in [0, 0.05) is 5.92 Å². The molecule has 1 saturated carbocycles. The molecule has 1 aliphatic rings. The van der Waals surface area contributed by atoms with Gasteiger partial charge < -0.3 is 10.2 Å². The van der Waals surface area contributed by atoms with E-state index >= 15 is 0 Å². The Morgan fingerprint density at radius 3 is 2.55 bits per heavy atom. The van der Waals surface area contributed by atoms with Gasteiger partial charge in [-0.2, -0.15) is 0 Å². The topological polar surface area (TPSA) is 40.5 Å². The first kappa shape index (κ1) is 8.75. The Morgan fingerprint density at radius 1 is 1.36 bits per heavy atom. The van der Waals surface area contributed by atoms with Crippen LogP contribution in [-0.2, 0) is 0 Å². The van der Waals surface area contributed by atoms with Crippen LogP contribution in [0, 0.1) is 5.92 Å². The molecule has 0 unspecified atom stereocenters. The van der Waals surface area contributed by atoms with Crippen molar-refractivity contribution in [2.24, 2.45) is 5.92 Å². The van der Waals surface area contributed by atoms with Crippen LogP contribution >= 0.6 is 0 Å². The average Bonchev–Trinajstić information content (AvgIpc) is 2.04. The van der Waals surface area contributed by atoms with Crippen LogP contribution in [-0.4, -0.2) is 22.9 Å². The summed E-state index contributed by atoms with van der Waals surface area (Å²) in [7, 11) is 0. The number of hydrogen-bond donors (Lipinski definition) is 2. The monoisotopic (exact) mass is 156 g/mol. The fourth-order valence-corrected chi connectivity index (χ4v) is 1.70. The summed E-state index contributed by atoms with van der Waals surface area (Å²) in [6, 6.07) is 0. The molecule has 0 aromatic carbocycles. The van der Waals surface area contributed by atoms with E-state index in [0.29, 0.717) is 0 Å². The van der Waals surface area contributed by atoms with Crippen molar-refractivity contribution < 1.29 is 10.2 Å². The molecule has 2 atom stereocenters. The molecule has 0 heterocycles. The third-order valence-corrected chi connectivity index (χ3v) is 2.46. The van der Waals surface area contributed by atoms with Gasteiger partial charge in [-0.25, -0.2) is 0 Å². The quantitative estimate of drug-likeness (QED) is 0.587. The molecule has 1 rings (SSSR count). The largest absolute Gasteiger partial charge is 0.393 e. The van der Waals surface area contributed by atoms with Crippen LogP contribution < -0.4 is 0 Å².